The van der Waals surface area contributed by atoms with Gasteiger partial charge in [0, 0.05) is 13.6 Å². The number of amides is 3. The molecule has 3 amide bonds. The van der Waals surface area contributed by atoms with Crippen LogP contribution >= 0.6 is 23.2 Å². The number of nitrogens with zero attached hydrogens (tertiary/aromatic N) is 1. The highest BCUT2D eigenvalue weighted by Gasteiger charge is 2.32. The van der Waals surface area contributed by atoms with Crippen molar-refractivity contribution in [2.75, 3.05) is 13.6 Å². The average molecular weight is 342 g/mol. The Morgan fingerprint density at radius 3 is 2.64 bits per heavy atom. The van der Waals surface area contributed by atoms with Gasteiger partial charge < -0.3 is 15.5 Å². The number of hydrogen-bond acceptors (Lipinski definition) is 2. The zero-order valence-corrected chi connectivity index (χ0v) is 13.7. The number of hydrogen-bond donors (Lipinski definition) is 2. The first-order chi connectivity index (χ1) is 10.5. The fourth-order valence-corrected chi connectivity index (χ4v) is 3.54. The van der Waals surface area contributed by atoms with E-state index in [0.717, 1.165) is 24.0 Å². The minimum atomic E-state index is -0.431. The lowest BCUT2D eigenvalue weighted by molar-refractivity contribution is -0.128. The molecule has 2 aliphatic rings. The second-order valence-corrected chi connectivity index (χ2v) is 6.52. The summed E-state index contributed by atoms with van der Waals surface area (Å²) in [5.41, 5.74) is 2.00. The van der Waals surface area contributed by atoms with Crippen LogP contribution in [0.15, 0.2) is 12.1 Å². The molecule has 0 bridgehead atoms. The Morgan fingerprint density at radius 2 is 1.95 bits per heavy atom. The van der Waals surface area contributed by atoms with Crippen molar-refractivity contribution in [1.82, 2.24) is 15.5 Å². The Hall–Kier alpha value is -1.46. The van der Waals surface area contributed by atoms with Crippen LogP contribution in [0.3, 0.4) is 0 Å². The first-order valence-corrected chi connectivity index (χ1v) is 8.01. The van der Waals surface area contributed by atoms with E-state index in [4.69, 9.17) is 23.2 Å². The molecular formula is C15H17Cl2N3O2. The summed E-state index contributed by atoms with van der Waals surface area (Å²) in [7, 11) is 1.74. The van der Waals surface area contributed by atoms with E-state index in [0.29, 0.717) is 23.0 Å². The lowest BCUT2D eigenvalue weighted by Crippen LogP contribution is -2.46. The summed E-state index contributed by atoms with van der Waals surface area (Å²) in [5.74, 6) is -0.0446. The highest BCUT2D eigenvalue weighted by atomic mass is 35.5. The molecule has 0 radical (unpaired) electrons. The molecule has 2 atom stereocenters. The van der Waals surface area contributed by atoms with Gasteiger partial charge in [-0.2, -0.15) is 0 Å². The van der Waals surface area contributed by atoms with Gasteiger partial charge in [-0.05, 0) is 36.5 Å². The van der Waals surface area contributed by atoms with Crippen LogP contribution in [0.25, 0.3) is 0 Å². The number of halogens is 2. The lowest BCUT2D eigenvalue weighted by Gasteiger charge is -2.17. The summed E-state index contributed by atoms with van der Waals surface area (Å²) in [6.45, 7) is 0.671. The second kappa shape index (κ2) is 5.97. The van der Waals surface area contributed by atoms with E-state index in [1.165, 1.54) is 0 Å². The topological polar surface area (TPSA) is 61.4 Å². The van der Waals surface area contributed by atoms with E-state index in [2.05, 4.69) is 10.6 Å². The van der Waals surface area contributed by atoms with Gasteiger partial charge in [-0.1, -0.05) is 29.3 Å². The molecule has 0 saturated carbocycles. The fraction of sp³-hybridized carbons (Fsp3) is 0.467. The summed E-state index contributed by atoms with van der Waals surface area (Å²) in [6.07, 6.45) is 2.21. The third-order valence-electron chi connectivity index (χ3n) is 4.33. The van der Waals surface area contributed by atoms with Crippen molar-refractivity contribution < 1.29 is 9.59 Å². The van der Waals surface area contributed by atoms with Gasteiger partial charge in [0.15, 0.2) is 0 Å². The van der Waals surface area contributed by atoms with E-state index >= 15 is 0 Å². The van der Waals surface area contributed by atoms with Crippen LogP contribution in [-0.2, 0) is 11.2 Å². The van der Waals surface area contributed by atoms with Gasteiger partial charge in [0.05, 0.1) is 16.1 Å². The van der Waals surface area contributed by atoms with Crippen molar-refractivity contribution in [3.8, 4) is 0 Å². The van der Waals surface area contributed by atoms with Crippen LogP contribution in [0.5, 0.6) is 0 Å². The molecule has 5 nitrogen and oxygen atoms in total. The summed E-state index contributed by atoms with van der Waals surface area (Å²) in [6, 6.07) is 2.79. The summed E-state index contributed by atoms with van der Waals surface area (Å²) in [5, 5.41) is 6.76. The number of carbonyl (C=O) groups excluding carboxylic acids is 2. The number of likely N-dealkylation sites (tertiary alicyclic amines) is 1. The molecule has 1 saturated heterocycles. The molecule has 1 aromatic rings. The SMILES string of the molecule is CN1CCC(NC(=O)NC2CCc3c2ccc(Cl)c3Cl)C1=O. The zero-order chi connectivity index (χ0) is 15.9. The molecule has 0 aromatic heterocycles. The summed E-state index contributed by atoms with van der Waals surface area (Å²) < 4.78 is 0. The van der Waals surface area contributed by atoms with Gasteiger partial charge in [0.1, 0.15) is 6.04 Å². The molecule has 118 valence electrons. The van der Waals surface area contributed by atoms with E-state index in [1.807, 2.05) is 6.07 Å². The van der Waals surface area contributed by atoms with Gasteiger partial charge >= 0.3 is 6.03 Å². The van der Waals surface area contributed by atoms with E-state index < -0.39 is 6.04 Å². The standard InChI is InChI=1S/C15H17Cl2N3O2/c1-20-7-6-12(14(20)21)19-15(22)18-11-5-3-9-8(11)2-4-10(16)13(9)17/h2,4,11-12H,3,5-7H2,1H3,(H2,18,19,22). The molecule has 3 rings (SSSR count). The molecule has 1 aliphatic heterocycles. The summed E-state index contributed by atoms with van der Waals surface area (Å²) in [4.78, 5) is 25.5. The molecule has 22 heavy (non-hydrogen) atoms. The summed E-state index contributed by atoms with van der Waals surface area (Å²) >= 11 is 12.2. The van der Waals surface area contributed by atoms with E-state index in [-0.39, 0.29) is 18.0 Å². The van der Waals surface area contributed by atoms with E-state index in [9.17, 15) is 9.59 Å². The van der Waals surface area contributed by atoms with Crippen LogP contribution in [0.2, 0.25) is 10.0 Å². The van der Waals surface area contributed by atoms with Crippen LogP contribution in [0, 0.1) is 0 Å². The number of rotatable bonds is 2. The van der Waals surface area contributed by atoms with Gasteiger partial charge in [-0.15, -0.1) is 0 Å². The lowest BCUT2D eigenvalue weighted by atomic mass is 10.1. The van der Waals surface area contributed by atoms with Crippen molar-refractivity contribution >= 4 is 35.1 Å². The molecule has 2 unspecified atom stereocenters. The van der Waals surface area contributed by atoms with Crippen molar-refractivity contribution in [2.45, 2.75) is 31.3 Å². The minimum Gasteiger partial charge on any atom is -0.344 e. The quantitative estimate of drug-likeness (QED) is 0.868. The molecule has 7 heteroatoms. The maximum Gasteiger partial charge on any atom is 0.315 e. The maximum absolute atomic E-state index is 12.1. The van der Waals surface area contributed by atoms with Crippen LogP contribution < -0.4 is 10.6 Å². The predicted molar refractivity (Wildman–Crippen MR) is 85.2 cm³/mol. The number of nitrogens with one attached hydrogen (secondary N) is 2. The van der Waals surface area contributed by atoms with Crippen LogP contribution in [0.4, 0.5) is 4.79 Å². The Kier molecular flexibility index (Phi) is 4.19. The molecule has 2 N–H and O–H groups in total. The van der Waals surface area contributed by atoms with Gasteiger partial charge in [0.25, 0.3) is 0 Å². The van der Waals surface area contributed by atoms with E-state index in [1.54, 1.807) is 18.0 Å². The minimum absolute atomic E-state index is 0.0446. The normalized spacial score (nSPS) is 23.6. The molecule has 1 aliphatic carbocycles. The largest absolute Gasteiger partial charge is 0.344 e. The van der Waals surface area contributed by atoms with Crippen molar-refractivity contribution in [3.05, 3.63) is 33.3 Å². The molecule has 1 aromatic carbocycles. The van der Waals surface area contributed by atoms with Crippen LogP contribution in [0.1, 0.15) is 30.0 Å². The van der Waals surface area contributed by atoms with Crippen molar-refractivity contribution in [1.29, 1.82) is 0 Å². The zero-order valence-electron chi connectivity index (χ0n) is 12.2. The first-order valence-electron chi connectivity index (χ1n) is 7.26. The fourth-order valence-electron chi connectivity index (χ4n) is 3.10. The van der Waals surface area contributed by atoms with Gasteiger partial charge in [-0.3, -0.25) is 4.79 Å². The maximum atomic E-state index is 12.1. The highest BCUT2D eigenvalue weighted by Crippen LogP contribution is 2.38. The Labute approximate surface area is 138 Å². The number of benzene rings is 1. The Morgan fingerprint density at radius 1 is 1.23 bits per heavy atom. The Bertz CT molecular complexity index is 635. The van der Waals surface area contributed by atoms with Gasteiger partial charge in [-0.25, -0.2) is 4.79 Å². The molecular weight excluding hydrogens is 325 g/mol. The molecule has 1 heterocycles. The number of likely N-dealkylation sites (N-methyl/N-ethyl adjacent to an activating group) is 1. The monoisotopic (exact) mass is 341 g/mol. The van der Waals surface area contributed by atoms with Crippen LogP contribution in [-0.4, -0.2) is 36.5 Å². The highest BCUT2D eigenvalue weighted by molar-refractivity contribution is 6.42. The third kappa shape index (κ3) is 2.75. The number of urea groups is 1. The van der Waals surface area contributed by atoms with Gasteiger partial charge in [0.2, 0.25) is 5.91 Å². The number of carbonyl (C=O) groups is 2. The second-order valence-electron chi connectivity index (χ2n) is 5.74. The van der Waals surface area contributed by atoms with Crippen molar-refractivity contribution in [3.63, 3.8) is 0 Å². The first kappa shape index (κ1) is 15.4. The van der Waals surface area contributed by atoms with Crippen molar-refractivity contribution in [2.24, 2.45) is 0 Å². The number of fused-ring (bicyclic) bond motifs is 1. The Balaban J connectivity index is 1.65. The third-order valence-corrected chi connectivity index (χ3v) is 5.17. The smallest absolute Gasteiger partial charge is 0.315 e. The predicted octanol–water partition coefficient (Wildman–Crippen LogP) is 2.51. The molecule has 1 fully saturated rings. The molecule has 0 spiro atoms. The average Bonchev–Trinajstić information content (AvgIpc) is 3.02.